The van der Waals surface area contributed by atoms with E-state index in [2.05, 4.69) is 30.8 Å². The molecule has 0 unspecified atom stereocenters. The molecule has 0 aliphatic carbocycles. The molecule has 10 heteroatoms. The van der Waals surface area contributed by atoms with Gasteiger partial charge in [0.1, 0.15) is 0 Å². The Bertz CT molecular complexity index is 958. The quantitative estimate of drug-likeness (QED) is 0.260. The number of nitrogens with one attached hydrogen (secondary N) is 2. The Morgan fingerprint density at radius 2 is 2.07 bits per heavy atom. The lowest BCUT2D eigenvalue weighted by Gasteiger charge is -2.10. The molecule has 156 valence electrons. The molecule has 1 aromatic carbocycles. The van der Waals surface area contributed by atoms with E-state index < -0.39 is 0 Å². The highest BCUT2D eigenvalue weighted by Gasteiger charge is 2.09. The zero-order chi connectivity index (χ0) is 19.9. The molecule has 0 fully saturated rings. The third-order valence-corrected chi connectivity index (χ3v) is 5.20. The molecule has 2 aromatic heterocycles. The molecule has 0 aliphatic heterocycles. The average molecular weight is 547 g/mol. The standard InChI is InChI=1S/C19H23ClN6OS.HI/c1-4-21-19(23-11-16-12(2)24-13(3)28-16)22-9-8-17-25-18(26-27-17)14-6-5-7-15(20)10-14;/h5-7,10H,4,8-9,11H2,1-3H3,(H2,21,22,23);1H. The van der Waals surface area contributed by atoms with E-state index in [1.165, 1.54) is 4.88 Å². The Labute approximate surface area is 196 Å². The molecule has 0 atom stereocenters. The summed E-state index contributed by atoms with van der Waals surface area (Å²) in [5, 5.41) is 12.3. The Kier molecular flexibility index (Phi) is 9.31. The third-order valence-electron chi connectivity index (χ3n) is 3.91. The number of aliphatic imine (C=N–C) groups is 1. The molecule has 3 rings (SSSR count). The smallest absolute Gasteiger partial charge is 0.228 e. The fourth-order valence-corrected chi connectivity index (χ4v) is 3.65. The summed E-state index contributed by atoms with van der Waals surface area (Å²) in [5.41, 5.74) is 1.88. The molecule has 29 heavy (non-hydrogen) atoms. The summed E-state index contributed by atoms with van der Waals surface area (Å²) in [6.07, 6.45) is 0.594. The first kappa shape index (κ1) is 23.6. The number of guanidine groups is 1. The lowest BCUT2D eigenvalue weighted by atomic mass is 10.2. The third kappa shape index (κ3) is 6.93. The van der Waals surface area contributed by atoms with Crippen molar-refractivity contribution in [3.8, 4) is 11.4 Å². The molecule has 3 aromatic rings. The number of hydrogen-bond acceptors (Lipinski definition) is 6. The highest BCUT2D eigenvalue weighted by atomic mass is 127. The maximum atomic E-state index is 6.02. The van der Waals surface area contributed by atoms with Gasteiger partial charge < -0.3 is 15.2 Å². The van der Waals surface area contributed by atoms with Crippen molar-refractivity contribution >= 4 is 52.9 Å². The predicted octanol–water partition coefficient (Wildman–Crippen LogP) is 4.38. The molecule has 0 saturated carbocycles. The van der Waals surface area contributed by atoms with Gasteiger partial charge >= 0.3 is 0 Å². The Morgan fingerprint density at radius 3 is 2.76 bits per heavy atom. The second-order valence-corrected chi connectivity index (χ2v) is 7.86. The minimum atomic E-state index is 0. The minimum absolute atomic E-state index is 0. The second-order valence-electron chi connectivity index (χ2n) is 6.14. The molecule has 2 N–H and O–H groups in total. The van der Waals surface area contributed by atoms with Crippen molar-refractivity contribution in [3.63, 3.8) is 0 Å². The SMILES string of the molecule is CCNC(=NCc1sc(C)nc1C)NCCc1nc(-c2cccc(Cl)c2)no1.I. The van der Waals surface area contributed by atoms with E-state index in [9.17, 15) is 0 Å². The van der Waals surface area contributed by atoms with Crippen molar-refractivity contribution in [2.45, 2.75) is 33.7 Å². The summed E-state index contributed by atoms with van der Waals surface area (Å²) in [4.78, 5) is 14.7. The molecule has 2 heterocycles. The number of nitrogens with zero attached hydrogens (tertiary/aromatic N) is 4. The zero-order valence-corrected chi connectivity index (χ0v) is 20.4. The maximum absolute atomic E-state index is 6.02. The molecule has 7 nitrogen and oxygen atoms in total. The van der Waals surface area contributed by atoms with E-state index in [4.69, 9.17) is 16.1 Å². The van der Waals surface area contributed by atoms with E-state index in [0.29, 0.717) is 36.2 Å². The Morgan fingerprint density at radius 1 is 1.24 bits per heavy atom. The van der Waals surface area contributed by atoms with Gasteiger partial charge in [0.2, 0.25) is 11.7 Å². The number of hydrogen-bond donors (Lipinski definition) is 2. The van der Waals surface area contributed by atoms with Gasteiger partial charge in [-0.2, -0.15) is 4.98 Å². The minimum Gasteiger partial charge on any atom is -0.357 e. The lowest BCUT2D eigenvalue weighted by Crippen LogP contribution is -2.38. The van der Waals surface area contributed by atoms with Gasteiger partial charge in [-0.15, -0.1) is 35.3 Å². The van der Waals surface area contributed by atoms with Crippen molar-refractivity contribution in [2.75, 3.05) is 13.1 Å². The highest BCUT2D eigenvalue weighted by Crippen LogP contribution is 2.20. The van der Waals surface area contributed by atoms with Gasteiger partial charge in [-0.1, -0.05) is 28.9 Å². The molecule has 0 radical (unpaired) electrons. The summed E-state index contributed by atoms with van der Waals surface area (Å²) in [5.74, 6) is 1.85. The van der Waals surface area contributed by atoms with Crippen LogP contribution in [0.5, 0.6) is 0 Å². The van der Waals surface area contributed by atoms with Crippen molar-refractivity contribution < 1.29 is 4.52 Å². The molecular weight excluding hydrogens is 523 g/mol. The fraction of sp³-hybridized carbons (Fsp3) is 0.368. The Balaban J connectivity index is 0.00000300. The van der Waals surface area contributed by atoms with Gasteiger partial charge in [0.25, 0.3) is 0 Å². The first-order valence-electron chi connectivity index (χ1n) is 9.08. The first-order valence-corrected chi connectivity index (χ1v) is 10.3. The van der Waals surface area contributed by atoms with Crippen LogP contribution in [0.15, 0.2) is 33.8 Å². The molecule has 0 amide bonds. The summed E-state index contributed by atoms with van der Waals surface area (Å²) in [7, 11) is 0. The monoisotopic (exact) mass is 546 g/mol. The number of rotatable bonds is 7. The van der Waals surface area contributed by atoms with E-state index in [1.807, 2.05) is 45.0 Å². The van der Waals surface area contributed by atoms with Gasteiger partial charge in [-0.25, -0.2) is 9.98 Å². The van der Waals surface area contributed by atoms with Crippen molar-refractivity contribution in [1.82, 2.24) is 25.8 Å². The summed E-state index contributed by atoms with van der Waals surface area (Å²) in [6.45, 7) is 8.08. The van der Waals surface area contributed by atoms with E-state index in [1.54, 1.807) is 11.3 Å². The number of halogens is 2. The summed E-state index contributed by atoms with van der Waals surface area (Å²) < 4.78 is 5.34. The molecule has 0 bridgehead atoms. The predicted molar refractivity (Wildman–Crippen MR) is 128 cm³/mol. The van der Waals surface area contributed by atoms with E-state index in [0.717, 1.165) is 28.8 Å². The second kappa shape index (κ2) is 11.5. The van der Waals surface area contributed by atoms with Crippen LogP contribution in [0.2, 0.25) is 5.02 Å². The maximum Gasteiger partial charge on any atom is 0.228 e. The number of aromatic nitrogens is 3. The van der Waals surface area contributed by atoms with Crippen LogP contribution in [-0.4, -0.2) is 34.2 Å². The van der Waals surface area contributed by atoms with Crippen LogP contribution >= 0.6 is 46.9 Å². The Hall–Kier alpha value is -1.72. The van der Waals surface area contributed by atoms with Crippen LogP contribution in [0.3, 0.4) is 0 Å². The zero-order valence-electron chi connectivity index (χ0n) is 16.5. The molecule has 0 aliphatic rings. The van der Waals surface area contributed by atoms with Gasteiger partial charge in [0.15, 0.2) is 5.96 Å². The number of thiazole rings is 1. The van der Waals surface area contributed by atoms with Crippen molar-refractivity contribution in [2.24, 2.45) is 4.99 Å². The van der Waals surface area contributed by atoms with Crippen LogP contribution in [-0.2, 0) is 13.0 Å². The van der Waals surface area contributed by atoms with Gasteiger partial charge in [0, 0.05) is 35.0 Å². The molecule has 0 spiro atoms. The van der Waals surface area contributed by atoms with Crippen LogP contribution in [0.1, 0.15) is 28.4 Å². The van der Waals surface area contributed by atoms with Crippen molar-refractivity contribution in [1.29, 1.82) is 0 Å². The van der Waals surface area contributed by atoms with Crippen LogP contribution in [0.25, 0.3) is 11.4 Å². The largest absolute Gasteiger partial charge is 0.357 e. The van der Waals surface area contributed by atoms with Crippen LogP contribution < -0.4 is 10.6 Å². The summed E-state index contributed by atoms with van der Waals surface area (Å²) >= 11 is 7.70. The van der Waals surface area contributed by atoms with E-state index in [-0.39, 0.29) is 24.0 Å². The van der Waals surface area contributed by atoms with Gasteiger partial charge in [-0.05, 0) is 32.9 Å². The normalized spacial score (nSPS) is 11.2. The summed E-state index contributed by atoms with van der Waals surface area (Å²) in [6, 6.07) is 7.39. The molecular formula is C19H24ClIN6OS. The van der Waals surface area contributed by atoms with Crippen LogP contribution in [0.4, 0.5) is 0 Å². The fourth-order valence-electron chi connectivity index (χ4n) is 2.60. The lowest BCUT2D eigenvalue weighted by molar-refractivity contribution is 0.378. The van der Waals surface area contributed by atoms with E-state index >= 15 is 0 Å². The number of aryl methyl sites for hydroxylation is 2. The topological polar surface area (TPSA) is 88.2 Å². The average Bonchev–Trinajstić information content (AvgIpc) is 3.26. The highest BCUT2D eigenvalue weighted by molar-refractivity contribution is 14.0. The van der Waals surface area contributed by atoms with Crippen molar-refractivity contribution in [3.05, 3.63) is 50.8 Å². The van der Waals surface area contributed by atoms with Crippen LogP contribution in [0, 0.1) is 13.8 Å². The first-order chi connectivity index (χ1) is 13.5. The van der Waals surface area contributed by atoms with Gasteiger partial charge in [-0.3, -0.25) is 0 Å². The molecule has 0 saturated heterocycles. The van der Waals surface area contributed by atoms with Gasteiger partial charge in [0.05, 0.1) is 17.2 Å². The number of benzene rings is 1.